The number of carbonyl (C=O) groups excluding carboxylic acids is 1. The highest BCUT2D eigenvalue weighted by molar-refractivity contribution is 5.91. The first kappa shape index (κ1) is 22.5. The molecule has 32 heavy (non-hydrogen) atoms. The Balaban J connectivity index is 2.01. The Morgan fingerprint density at radius 1 is 1.19 bits per heavy atom. The number of halogens is 3. The minimum Gasteiger partial charge on any atom is -0.323 e. The fourth-order valence-corrected chi connectivity index (χ4v) is 3.16. The van der Waals surface area contributed by atoms with E-state index in [0.29, 0.717) is 0 Å². The van der Waals surface area contributed by atoms with Gasteiger partial charge in [0, 0.05) is 30.8 Å². The number of nitro groups is 1. The number of amides is 2. The first-order chi connectivity index (χ1) is 14.9. The number of benzene rings is 2. The van der Waals surface area contributed by atoms with Crippen molar-refractivity contribution in [3.8, 4) is 0 Å². The molecule has 0 radical (unpaired) electrons. The van der Waals surface area contributed by atoms with Crippen LogP contribution in [0.2, 0.25) is 0 Å². The van der Waals surface area contributed by atoms with E-state index in [2.05, 4.69) is 15.3 Å². The van der Waals surface area contributed by atoms with E-state index in [0.717, 1.165) is 23.1 Å². The van der Waals surface area contributed by atoms with E-state index >= 15 is 0 Å². The summed E-state index contributed by atoms with van der Waals surface area (Å²) in [6.45, 7) is 1.08. The second kappa shape index (κ2) is 8.17. The SMILES string of the molecule is Cc1c([N+](=O)[O-])cc2[nH]c(=O)c(=O)[nH]c2c1CN(C)C(=O)Nc1ccccc1C(F)(F)F. The number of carbonyl (C=O) groups is 1. The van der Waals surface area contributed by atoms with Crippen molar-refractivity contribution in [3.63, 3.8) is 0 Å². The number of fused-ring (bicyclic) bond motifs is 1. The molecule has 2 aromatic carbocycles. The number of urea groups is 1. The predicted octanol–water partition coefficient (Wildman–Crippen LogP) is 3.12. The lowest BCUT2D eigenvalue weighted by Crippen LogP contribution is -2.33. The number of nitro benzene ring substituents is 1. The summed E-state index contributed by atoms with van der Waals surface area (Å²) in [6.07, 6.45) is -4.69. The van der Waals surface area contributed by atoms with Crippen molar-refractivity contribution < 1.29 is 22.9 Å². The molecular weight excluding hydrogens is 435 g/mol. The number of aromatic nitrogens is 2. The molecule has 3 aromatic rings. The number of aromatic amines is 2. The van der Waals surface area contributed by atoms with Crippen molar-refractivity contribution in [2.45, 2.75) is 19.6 Å². The van der Waals surface area contributed by atoms with Gasteiger partial charge < -0.3 is 20.2 Å². The average molecular weight is 451 g/mol. The van der Waals surface area contributed by atoms with Crippen LogP contribution in [-0.4, -0.2) is 32.9 Å². The zero-order chi connectivity index (χ0) is 23.8. The monoisotopic (exact) mass is 451 g/mol. The molecule has 1 heterocycles. The molecule has 0 aliphatic heterocycles. The largest absolute Gasteiger partial charge is 0.418 e. The molecular formula is C19H16F3N5O5. The Bertz CT molecular complexity index is 1350. The van der Waals surface area contributed by atoms with Gasteiger partial charge in [-0.2, -0.15) is 13.2 Å². The molecule has 0 saturated carbocycles. The minimum atomic E-state index is -4.69. The van der Waals surface area contributed by atoms with Gasteiger partial charge in [0.2, 0.25) is 0 Å². The summed E-state index contributed by atoms with van der Waals surface area (Å²) in [6, 6.07) is 4.56. The molecule has 1 aromatic heterocycles. The molecule has 0 atom stereocenters. The topological polar surface area (TPSA) is 141 Å². The van der Waals surface area contributed by atoms with E-state index in [4.69, 9.17) is 0 Å². The standard InChI is InChI=1S/C19H16F3N5O5/c1-9-10(15-13(7-14(9)27(31)32)23-16(28)17(29)25-15)8-26(2)18(30)24-12-6-4-3-5-11(12)19(20,21)22/h3-7H,8H2,1-2H3,(H,23,28)(H,24,30)(H,25,29). The molecule has 168 valence electrons. The lowest BCUT2D eigenvalue weighted by molar-refractivity contribution is -0.385. The highest BCUT2D eigenvalue weighted by Gasteiger charge is 2.34. The van der Waals surface area contributed by atoms with Crippen LogP contribution in [0.4, 0.5) is 29.3 Å². The van der Waals surface area contributed by atoms with Gasteiger partial charge in [-0.3, -0.25) is 19.7 Å². The molecule has 0 saturated heterocycles. The molecule has 0 bridgehead atoms. The number of hydrogen-bond acceptors (Lipinski definition) is 5. The molecule has 10 nitrogen and oxygen atoms in total. The Morgan fingerprint density at radius 2 is 1.81 bits per heavy atom. The Hall–Kier alpha value is -4.16. The van der Waals surface area contributed by atoms with Crippen molar-refractivity contribution >= 4 is 28.4 Å². The molecule has 0 aliphatic carbocycles. The van der Waals surface area contributed by atoms with Gasteiger partial charge in [0.05, 0.1) is 27.2 Å². The molecule has 13 heteroatoms. The Kier molecular flexibility index (Phi) is 5.75. The van der Waals surface area contributed by atoms with Crippen LogP contribution in [0.3, 0.4) is 0 Å². The van der Waals surface area contributed by atoms with Crippen LogP contribution in [0.5, 0.6) is 0 Å². The van der Waals surface area contributed by atoms with Crippen LogP contribution >= 0.6 is 0 Å². The quantitative estimate of drug-likeness (QED) is 0.318. The second-order valence-electron chi connectivity index (χ2n) is 6.92. The van der Waals surface area contributed by atoms with Gasteiger partial charge in [-0.25, -0.2) is 4.79 Å². The van der Waals surface area contributed by atoms with E-state index < -0.39 is 39.5 Å². The van der Waals surface area contributed by atoms with Crippen LogP contribution in [0.1, 0.15) is 16.7 Å². The van der Waals surface area contributed by atoms with Crippen molar-refractivity contribution in [3.05, 3.63) is 77.8 Å². The number of nitrogens with one attached hydrogen (secondary N) is 3. The van der Waals surface area contributed by atoms with Crippen LogP contribution in [0, 0.1) is 17.0 Å². The Labute approximate surface area is 176 Å². The number of para-hydroxylation sites is 1. The zero-order valence-corrected chi connectivity index (χ0v) is 16.7. The number of anilines is 1. The van der Waals surface area contributed by atoms with Crippen molar-refractivity contribution in [2.75, 3.05) is 12.4 Å². The lowest BCUT2D eigenvalue weighted by atomic mass is 10.0. The van der Waals surface area contributed by atoms with Crippen LogP contribution in [-0.2, 0) is 12.7 Å². The summed E-state index contributed by atoms with van der Waals surface area (Å²) in [4.78, 5) is 52.2. The number of alkyl halides is 3. The van der Waals surface area contributed by atoms with Crippen molar-refractivity contribution in [1.82, 2.24) is 14.9 Å². The molecule has 0 unspecified atom stereocenters. The second-order valence-corrected chi connectivity index (χ2v) is 6.92. The smallest absolute Gasteiger partial charge is 0.323 e. The first-order valence-corrected chi connectivity index (χ1v) is 9.01. The zero-order valence-electron chi connectivity index (χ0n) is 16.7. The molecule has 0 spiro atoms. The van der Waals surface area contributed by atoms with Gasteiger partial charge in [-0.15, -0.1) is 0 Å². The van der Waals surface area contributed by atoms with Gasteiger partial charge >= 0.3 is 23.3 Å². The maximum absolute atomic E-state index is 13.2. The number of H-pyrrole nitrogens is 2. The normalized spacial score (nSPS) is 11.4. The summed E-state index contributed by atoms with van der Waals surface area (Å²) >= 11 is 0. The predicted molar refractivity (Wildman–Crippen MR) is 109 cm³/mol. The summed E-state index contributed by atoms with van der Waals surface area (Å²) in [7, 11) is 1.26. The average Bonchev–Trinajstić information content (AvgIpc) is 2.70. The maximum Gasteiger partial charge on any atom is 0.418 e. The van der Waals surface area contributed by atoms with Crippen molar-refractivity contribution in [1.29, 1.82) is 0 Å². The third-order valence-corrected chi connectivity index (χ3v) is 4.79. The van der Waals surface area contributed by atoms with E-state index in [1.165, 1.54) is 26.1 Å². The van der Waals surface area contributed by atoms with Crippen LogP contribution < -0.4 is 16.4 Å². The third kappa shape index (κ3) is 4.31. The number of rotatable bonds is 4. The minimum absolute atomic E-state index is 0.0295. The molecule has 2 amide bonds. The highest BCUT2D eigenvalue weighted by atomic mass is 19.4. The fourth-order valence-electron chi connectivity index (χ4n) is 3.16. The molecule has 3 rings (SSSR count). The van der Waals surface area contributed by atoms with Gasteiger partial charge in [0.1, 0.15) is 0 Å². The number of nitrogens with zero attached hydrogens (tertiary/aromatic N) is 2. The van der Waals surface area contributed by atoms with Crippen LogP contribution in [0.15, 0.2) is 39.9 Å². The Morgan fingerprint density at radius 3 is 2.44 bits per heavy atom. The summed E-state index contributed by atoms with van der Waals surface area (Å²) in [5.41, 5.74) is -3.60. The first-order valence-electron chi connectivity index (χ1n) is 9.01. The highest BCUT2D eigenvalue weighted by Crippen LogP contribution is 2.35. The van der Waals surface area contributed by atoms with E-state index in [1.807, 2.05) is 0 Å². The van der Waals surface area contributed by atoms with Crippen molar-refractivity contribution in [2.24, 2.45) is 0 Å². The van der Waals surface area contributed by atoms with Gasteiger partial charge in [-0.05, 0) is 19.1 Å². The van der Waals surface area contributed by atoms with E-state index in [-0.39, 0.29) is 34.4 Å². The maximum atomic E-state index is 13.2. The summed E-state index contributed by atoms with van der Waals surface area (Å²) < 4.78 is 39.5. The van der Waals surface area contributed by atoms with E-state index in [9.17, 15) is 37.7 Å². The fraction of sp³-hybridized carbons (Fsp3) is 0.211. The number of hydrogen-bond donors (Lipinski definition) is 3. The molecule has 0 fully saturated rings. The van der Waals surface area contributed by atoms with Gasteiger partial charge in [0.15, 0.2) is 0 Å². The lowest BCUT2D eigenvalue weighted by Gasteiger charge is -2.21. The van der Waals surface area contributed by atoms with Gasteiger partial charge in [0.25, 0.3) is 5.69 Å². The van der Waals surface area contributed by atoms with Crippen LogP contribution in [0.25, 0.3) is 11.0 Å². The van der Waals surface area contributed by atoms with Gasteiger partial charge in [-0.1, -0.05) is 12.1 Å². The molecule has 0 aliphatic rings. The third-order valence-electron chi connectivity index (χ3n) is 4.79. The molecule has 3 N–H and O–H groups in total. The summed E-state index contributed by atoms with van der Waals surface area (Å²) in [5.74, 6) is 0. The van der Waals surface area contributed by atoms with E-state index in [1.54, 1.807) is 0 Å². The summed E-state index contributed by atoms with van der Waals surface area (Å²) in [5, 5.41) is 13.6.